The van der Waals surface area contributed by atoms with Gasteiger partial charge in [0.1, 0.15) is 24.4 Å². The molecule has 0 aliphatic heterocycles. The second-order valence-corrected chi connectivity index (χ2v) is 16.6. The fraction of sp³-hybridized carbons (Fsp3) is 0.625. The molecule has 9 atom stereocenters. The highest BCUT2D eigenvalue weighted by molar-refractivity contribution is 5.80. The summed E-state index contributed by atoms with van der Waals surface area (Å²) in [6.45, 7) is 3.74. The molecule has 364 valence electrons. The van der Waals surface area contributed by atoms with E-state index < -0.39 is 77.4 Å². The number of carbonyl (C=O) groups is 6. The van der Waals surface area contributed by atoms with Gasteiger partial charge >= 0.3 is 35.8 Å². The van der Waals surface area contributed by atoms with Crippen LogP contribution >= 0.6 is 0 Å². The molecule has 2 aromatic carbocycles. The zero-order valence-electron chi connectivity index (χ0n) is 39.8. The maximum atomic E-state index is 13.6. The highest BCUT2D eigenvalue weighted by atomic mass is 16.5. The van der Waals surface area contributed by atoms with Gasteiger partial charge in [-0.2, -0.15) is 0 Å². The summed E-state index contributed by atoms with van der Waals surface area (Å²) in [6.07, 6.45) is -0.551. The Kier molecular flexibility index (Phi) is 25.4. The molecule has 65 heavy (non-hydrogen) atoms. The lowest BCUT2D eigenvalue weighted by Gasteiger charge is -2.42. The van der Waals surface area contributed by atoms with Gasteiger partial charge in [-0.1, -0.05) is 49.4 Å². The van der Waals surface area contributed by atoms with Crippen LogP contribution < -0.4 is 4.74 Å². The smallest absolute Gasteiger partial charge is 0.308 e. The first kappa shape index (κ1) is 56.0. The number of quaternary nitrogens is 1. The predicted octanol–water partition coefficient (Wildman–Crippen LogP) is 4.74. The van der Waals surface area contributed by atoms with Crippen molar-refractivity contribution in [2.75, 3.05) is 96.8 Å². The third-order valence-corrected chi connectivity index (χ3v) is 12.2. The van der Waals surface area contributed by atoms with Gasteiger partial charge < -0.3 is 52.2 Å². The maximum absolute atomic E-state index is 13.6. The van der Waals surface area contributed by atoms with Gasteiger partial charge in [-0.25, -0.2) is 0 Å². The summed E-state index contributed by atoms with van der Waals surface area (Å²) in [5, 5.41) is 10.8. The number of benzene rings is 2. The van der Waals surface area contributed by atoms with Crippen molar-refractivity contribution in [1.29, 1.82) is 0 Å². The van der Waals surface area contributed by atoms with Gasteiger partial charge in [0.15, 0.2) is 0 Å². The fourth-order valence-electron chi connectivity index (χ4n) is 8.36. The number of methoxy groups -OCH3 is 8. The Hall–Kier alpha value is -5.10. The largest absolute Gasteiger partial charge is 0.493 e. The molecule has 0 amide bonds. The number of aliphatic hydroxyl groups is 1. The van der Waals surface area contributed by atoms with E-state index in [4.69, 9.17) is 42.6 Å². The molecule has 0 radical (unpaired) electrons. The van der Waals surface area contributed by atoms with E-state index in [1.807, 2.05) is 61.6 Å². The first-order valence-electron chi connectivity index (χ1n) is 21.8. The number of nitrogens with zero attached hydrogens (tertiary/aromatic N) is 1. The molecule has 0 aromatic heterocycles. The molecule has 0 saturated heterocycles. The van der Waals surface area contributed by atoms with Crippen LogP contribution in [0.4, 0.5) is 0 Å². The molecule has 0 spiro atoms. The van der Waals surface area contributed by atoms with Crippen molar-refractivity contribution in [3.63, 3.8) is 0 Å². The number of esters is 6. The number of likely N-dealkylation sites (N-methyl/N-ethyl adjacent to an activating group) is 1. The summed E-state index contributed by atoms with van der Waals surface area (Å²) in [4.78, 5) is 79.1. The van der Waals surface area contributed by atoms with E-state index in [0.717, 1.165) is 11.1 Å². The van der Waals surface area contributed by atoms with Crippen LogP contribution in [0.1, 0.15) is 69.1 Å². The quantitative estimate of drug-likeness (QED) is 0.0469. The Morgan fingerprint density at radius 2 is 0.923 bits per heavy atom. The summed E-state index contributed by atoms with van der Waals surface area (Å²) >= 11 is 0. The Bertz CT molecular complexity index is 1760. The normalized spacial score (nSPS) is 15.9. The Balaban J connectivity index is 2.37. The van der Waals surface area contributed by atoms with Crippen molar-refractivity contribution in [2.24, 2.45) is 35.5 Å². The summed E-state index contributed by atoms with van der Waals surface area (Å²) in [5.74, 6) is -9.04. The van der Waals surface area contributed by atoms with Crippen LogP contribution in [0, 0.1) is 35.5 Å². The number of rotatable bonds is 31. The molecule has 0 aliphatic carbocycles. The Morgan fingerprint density at radius 3 is 1.34 bits per heavy atom. The molecule has 2 rings (SSSR count). The molecule has 17 nitrogen and oxygen atoms in total. The molecule has 0 fully saturated rings. The molecule has 0 aliphatic rings. The predicted molar refractivity (Wildman–Crippen MR) is 237 cm³/mol. The van der Waals surface area contributed by atoms with E-state index in [-0.39, 0.29) is 51.2 Å². The van der Waals surface area contributed by atoms with Crippen molar-refractivity contribution in [3.05, 3.63) is 65.7 Å². The SMILES string of the molecule is COCC[N+](C)(CCCOc1ccc(C(O)c2ccccc2)cc1)C(COC)CC(CC(CC(CC(CC(CC(C)C(=O)OC)C(=O)OC)C(=O)OC)C(=O)OC)C(=O)OC)C(=O)OC. The third-order valence-electron chi connectivity index (χ3n) is 12.2. The molecule has 0 bridgehead atoms. The molecule has 0 heterocycles. The van der Waals surface area contributed by atoms with E-state index in [9.17, 15) is 33.9 Å². The summed E-state index contributed by atoms with van der Waals surface area (Å²) < 4.78 is 48.3. The Morgan fingerprint density at radius 1 is 0.508 bits per heavy atom. The van der Waals surface area contributed by atoms with Gasteiger partial charge in [-0.15, -0.1) is 0 Å². The average molecular weight is 919 g/mol. The van der Waals surface area contributed by atoms with Crippen molar-refractivity contribution in [3.8, 4) is 5.75 Å². The summed E-state index contributed by atoms with van der Waals surface area (Å²) in [5.41, 5.74) is 1.53. The molecular formula is C48H72NO16+. The Labute approximate surface area is 383 Å². The van der Waals surface area contributed by atoms with Gasteiger partial charge in [0.2, 0.25) is 0 Å². The lowest BCUT2D eigenvalue weighted by atomic mass is 9.78. The zero-order chi connectivity index (χ0) is 48.5. The van der Waals surface area contributed by atoms with E-state index >= 15 is 0 Å². The number of ether oxygens (including phenoxy) is 9. The monoisotopic (exact) mass is 918 g/mol. The minimum absolute atomic E-state index is 0.00602. The summed E-state index contributed by atoms with van der Waals surface area (Å²) in [7, 11) is 12.4. The van der Waals surface area contributed by atoms with Crippen molar-refractivity contribution < 1.29 is 81.0 Å². The van der Waals surface area contributed by atoms with Gasteiger partial charge in [0.05, 0.1) is 112 Å². The van der Waals surface area contributed by atoms with Crippen LogP contribution in [-0.4, -0.2) is 148 Å². The minimum Gasteiger partial charge on any atom is -0.493 e. The van der Waals surface area contributed by atoms with Crippen molar-refractivity contribution in [2.45, 2.75) is 64.0 Å². The molecule has 2 aromatic rings. The second-order valence-electron chi connectivity index (χ2n) is 16.6. The van der Waals surface area contributed by atoms with Crippen LogP contribution in [0.5, 0.6) is 5.75 Å². The van der Waals surface area contributed by atoms with Crippen LogP contribution in [-0.2, 0) is 66.7 Å². The topological polar surface area (TPSA) is 206 Å². The van der Waals surface area contributed by atoms with Crippen LogP contribution in [0.2, 0.25) is 0 Å². The zero-order valence-corrected chi connectivity index (χ0v) is 39.8. The van der Waals surface area contributed by atoms with E-state index in [1.165, 1.54) is 42.7 Å². The fourth-order valence-corrected chi connectivity index (χ4v) is 8.36. The maximum Gasteiger partial charge on any atom is 0.308 e. The lowest BCUT2D eigenvalue weighted by Crippen LogP contribution is -2.57. The number of hydrogen-bond donors (Lipinski definition) is 1. The van der Waals surface area contributed by atoms with Crippen LogP contribution in [0.3, 0.4) is 0 Å². The highest BCUT2D eigenvalue weighted by Crippen LogP contribution is 2.34. The third kappa shape index (κ3) is 18.0. The molecule has 0 saturated carbocycles. The number of aliphatic hydroxyl groups excluding tert-OH is 1. The standard InChI is InChI=1S/C48H72NO16/c1-32(43(51)59-5)25-35(44(52)60-6)26-36(45(53)61-7)27-37(46(54)62-8)28-38(47(55)63-9)29-39(48(56)64-10)30-40(31-58-4)49(2,22-24-57-3)21-14-23-65-41-19-17-34(18-20-41)42(50)33-15-12-11-13-16-33/h11-13,15-20,32,35-40,42,50H,14,21-31H2,1-10H3/q+1. The van der Waals surface area contributed by atoms with Crippen molar-refractivity contribution >= 4 is 35.8 Å². The molecular weight excluding hydrogens is 847 g/mol. The van der Waals surface area contributed by atoms with Gasteiger partial charge in [-0.3, -0.25) is 28.8 Å². The first-order chi connectivity index (χ1) is 31.1. The van der Waals surface area contributed by atoms with Gasteiger partial charge in [0, 0.05) is 27.1 Å². The van der Waals surface area contributed by atoms with Gasteiger partial charge in [-0.05, 0) is 55.4 Å². The lowest BCUT2D eigenvalue weighted by molar-refractivity contribution is -0.935. The molecule has 9 unspecified atom stereocenters. The average Bonchev–Trinajstić information content (AvgIpc) is 3.33. The highest BCUT2D eigenvalue weighted by Gasteiger charge is 2.41. The van der Waals surface area contributed by atoms with E-state index in [2.05, 4.69) is 0 Å². The van der Waals surface area contributed by atoms with Gasteiger partial charge in [0.25, 0.3) is 0 Å². The summed E-state index contributed by atoms with van der Waals surface area (Å²) in [6, 6.07) is 16.4. The molecule has 17 heteroatoms. The van der Waals surface area contributed by atoms with Crippen molar-refractivity contribution in [1.82, 2.24) is 0 Å². The molecule has 1 N–H and O–H groups in total. The number of hydrogen-bond acceptors (Lipinski definition) is 16. The first-order valence-corrected chi connectivity index (χ1v) is 21.8. The van der Waals surface area contributed by atoms with Crippen LogP contribution in [0.25, 0.3) is 0 Å². The minimum atomic E-state index is -1.09. The second kappa shape index (κ2) is 29.4. The van der Waals surface area contributed by atoms with E-state index in [1.54, 1.807) is 21.1 Å². The van der Waals surface area contributed by atoms with Crippen LogP contribution in [0.15, 0.2) is 54.6 Å². The number of carbonyl (C=O) groups excluding carboxylic acids is 6. The van der Waals surface area contributed by atoms with E-state index in [0.29, 0.717) is 43.0 Å².